The molecule has 1 aliphatic rings. The highest BCUT2D eigenvalue weighted by atomic mass is 15.2. The van der Waals surface area contributed by atoms with Crippen LogP contribution in [0, 0.1) is 17.8 Å². The number of hydrogen-bond donors (Lipinski definition) is 2. The zero-order chi connectivity index (χ0) is 13.5. The Morgan fingerprint density at radius 3 is 2.06 bits per heavy atom. The molecule has 1 heterocycles. The first-order valence-corrected chi connectivity index (χ1v) is 7.71. The third kappa shape index (κ3) is 4.87. The summed E-state index contributed by atoms with van der Waals surface area (Å²) in [4.78, 5) is 2.66. The average Bonchev–Trinajstić information content (AvgIpc) is 2.81. The summed E-state index contributed by atoms with van der Waals surface area (Å²) in [5.74, 6) is 2.01. The average molecular weight is 255 g/mol. The molecule has 3 nitrogen and oxygen atoms in total. The van der Waals surface area contributed by atoms with Gasteiger partial charge in [0.25, 0.3) is 0 Å². The van der Waals surface area contributed by atoms with E-state index in [-0.39, 0.29) is 0 Å². The standard InChI is InChI=1S/C15H33N3/c1-12(2)14(9-16)10-17-11-15(13(3)4)18-7-5-6-8-18/h12-15,17H,5-11,16H2,1-4H3. The predicted molar refractivity (Wildman–Crippen MR) is 79.7 cm³/mol. The third-order valence-electron chi connectivity index (χ3n) is 4.38. The summed E-state index contributed by atoms with van der Waals surface area (Å²) >= 11 is 0. The Bertz CT molecular complexity index is 210. The summed E-state index contributed by atoms with van der Waals surface area (Å²) in [7, 11) is 0. The van der Waals surface area contributed by atoms with Gasteiger partial charge in [-0.05, 0) is 56.8 Å². The maximum absolute atomic E-state index is 5.82. The Kier molecular flexibility index (Phi) is 7.20. The minimum absolute atomic E-state index is 0.608. The fourth-order valence-electron chi connectivity index (χ4n) is 2.87. The fourth-order valence-corrected chi connectivity index (χ4v) is 2.87. The lowest BCUT2D eigenvalue weighted by Gasteiger charge is -2.32. The van der Waals surface area contributed by atoms with Crippen molar-refractivity contribution in [3.63, 3.8) is 0 Å². The van der Waals surface area contributed by atoms with E-state index < -0.39 is 0 Å². The molecule has 0 aliphatic carbocycles. The molecule has 1 aliphatic heterocycles. The van der Waals surface area contributed by atoms with Gasteiger partial charge in [-0.15, -0.1) is 0 Å². The van der Waals surface area contributed by atoms with Crippen molar-refractivity contribution in [2.24, 2.45) is 23.5 Å². The predicted octanol–water partition coefficient (Wildman–Crippen LogP) is 1.93. The van der Waals surface area contributed by atoms with Crippen molar-refractivity contribution in [1.82, 2.24) is 10.2 Å². The summed E-state index contributed by atoms with van der Waals surface area (Å²) < 4.78 is 0. The maximum atomic E-state index is 5.82. The zero-order valence-electron chi connectivity index (χ0n) is 12.8. The van der Waals surface area contributed by atoms with Gasteiger partial charge in [0.05, 0.1) is 0 Å². The van der Waals surface area contributed by atoms with Crippen LogP contribution in [0.25, 0.3) is 0 Å². The van der Waals surface area contributed by atoms with Crippen LogP contribution in [0.5, 0.6) is 0 Å². The van der Waals surface area contributed by atoms with Crippen LogP contribution in [-0.4, -0.2) is 43.7 Å². The summed E-state index contributed by atoms with van der Waals surface area (Å²) in [6.07, 6.45) is 2.75. The van der Waals surface area contributed by atoms with Gasteiger partial charge in [-0.2, -0.15) is 0 Å². The molecule has 0 spiro atoms. The lowest BCUT2D eigenvalue weighted by Crippen LogP contribution is -2.46. The van der Waals surface area contributed by atoms with Crippen LogP contribution in [0.3, 0.4) is 0 Å². The van der Waals surface area contributed by atoms with E-state index in [4.69, 9.17) is 5.73 Å². The molecule has 0 bridgehead atoms. The largest absolute Gasteiger partial charge is 0.330 e. The molecule has 108 valence electrons. The Balaban J connectivity index is 2.33. The summed E-state index contributed by atoms with van der Waals surface area (Å²) in [5.41, 5.74) is 5.82. The lowest BCUT2D eigenvalue weighted by atomic mass is 9.95. The molecule has 1 saturated heterocycles. The summed E-state index contributed by atoms with van der Waals surface area (Å²) in [6, 6.07) is 0.693. The van der Waals surface area contributed by atoms with E-state index in [1.54, 1.807) is 0 Å². The molecule has 3 heteroatoms. The highest BCUT2D eigenvalue weighted by Crippen LogP contribution is 2.17. The molecule has 2 atom stereocenters. The second-order valence-electron chi connectivity index (χ2n) is 6.45. The molecule has 0 aromatic rings. The molecule has 2 unspecified atom stereocenters. The number of nitrogens with zero attached hydrogens (tertiary/aromatic N) is 1. The first-order chi connectivity index (χ1) is 8.56. The SMILES string of the molecule is CC(C)C(CN)CNCC(C(C)C)N1CCCC1. The smallest absolute Gasteiger partial charge is 0.0243 e. The van der Waals surface area contributed by atoms with Gasteiger partial charge in [-0.3, -0.25) is 4.90 Å². The van der Waals surface area contributed by atoms with E-state index in [1.807, 2.05) is 0 Å². The van der Waals surface area contributed by atoms with E-state index in [2.05, 4.69) is 37.9 Å². The molecule has 0 aromatic heterocycles. The zero-order valence-corrected chi connectivity index (χ0v) is 12.8. The van der Waals surface area contributed by atoms with Gasteiger partial charge in [-0.25, -0.2) is 0 Å². The van der Waals surface area contributed by atoms with E-state index >= 15 is 0 Å². The molecule has 3 N–H and O–H groups in total. The van der Waals surface area contributed by atoms with Gasteiger partial charge in [0.2, 0.25) is 0 Å². The second kappa shape index (κ2) is 8.13. The van der Waals surface area contributed by atoms with E-state index in [0.717, 1.165) is 25.6 Å². The van der Waals surface area contributed by atoms with Crippen LogP contribution in [0.4, 0.5) is 0 Å². The van der Waals surface area contributed by atoms with Crippen molar-refractivity contribution in [2.45, 2.75) is 46.6 Å². The van der Waals surface area contributed by atoms with E-state index in [0.29, 0.717) is 17.9 Å². The second-order valence-corrected chi connectivity index (χ2v) is 6.45. The maximum Gasteiger partial charge on any atom is 0.0243 e. The Morgan fingerprint density at radius 2 is 1.61 bits per heavy atom. The van der Waals surface area contributed by atoms with Gasteiger partial charge in [0.15, 0.2) is 0 Å². The number of rotatable bonds is 8. The number of likely N-dealkylation sites (tertiary alicyclic amines) is 1. The number of hydrogen-bond acceptors (Lipinski definition) is 3. The van der Waals surface area contributed by atoms with Crippen molar-refractivity contribution in [3.05, 3.63) is 0 Å². The van der Waals surface area contributed by atoms with Crippen LogP contribution >= 0.6 is 0 Å². The van der Waals surface area contributed by atoms with Crippen LogP contribution in [0.2, 0.25) is 0 Å². The normalized spacial score (nSPS) is 20.8. The topological polar surface area (TPSA) is 41.3 Å². The first-order valence-electron chi connectivity index (χ1n) is 7.71. The Morgan fingerprint density at radius 1 is 1.00 bits per heavy atom. The van der Waals surface area contributed by atoms with Crippen molar-refractivity contribution in [2.75, 3.05) is 32.7 Å². The number of nitrogens with one attached hydrogen (secondary N) is 1. The van der Waals surface area contributed by atoms with Gasteiger partial charge in [0.1, 0.15) is 0 Å². The highest BCUT2D eigenvalue weighted by Gasteiger charge is 2.24. The van der Waals surface area contributed by atoms with Crippen molar-refractivity contribution < 1.29 is 0 Å². The van der Waals surface area contributed by atoms with Crippen LogP contribution in [-0.2, 0) is 0 Å². The van der Waals surface area contributed by atoms with Crippen LogP contribution in [0.1, 0.15) is 40.5 Å². The van der Waals surface area contributed by atoms with Crippen LogP contribution < -0.4 is 11.1 Å². The van der Waals surface area contributed by atoms with Gasteiger partial charge >= 0.3 is 0 Å². The third-order valence-corrected chi connectivity index (χ3v) is 4.38. The monoisotopic (exact) mass is 255 g/mol. The van der Waals surface area contributed by atoms with E-state index in [1.165, 1.54) is 25.9 Å². The van der Waals surface area contributed by atoms with Gasteiger partial charge in [0, 0.05) is 12.6 Å². The molecule has 1 rings (SSSR count). The van der Waals surface area contributed by atoms with Gasteiger partial charge < -0.3 is 11.1 Å². The fraction of sp³-hybridized carbons (Fsp3) is 1.00. The molecular weight excluding hydrogens is 222 g/mol. The molecule has 0 amide bonds. The Labute approximate surface area is 113 Å². The molecule has 18 heavy (non-hydrogen) atoms. The van der Waals surface area contributed by atoms with Crippen molar-refractivity contribution in [3.8, 4) is 0 Å². The van der Waals surface area contributed by atoms with E-state index in [9.17, 15) is 0 Å². The summed E-state index contributed by atoms with van der Waals surface area (Å²) in [6.45, 7) is 14.7. The molecule has 0 aromatic carbocycles. The first kappa shape index (κ1) is 15.9. The van der Waals surface area contributed by atoms with Crippen molar-refractivity contribution >= 4 is 0 Å². The molecule has 0 saturated carbocycles. The highest BCUT2D eigenvalue weighted by molar-refractivity contribution is 4.81. The minimum Gasteiger partial charge on any atom is -0.330 e. The van der Waals surface area contributed by atoms with Crippen LogP contribution in [0.15, 0.2) is 0 Å². The number of nitrogens with two attached hydrogens (primary N) is 1. The summed E-state index contributed by atoms with van der Waals surface area (Å²) in [5, 5.41) is 3.65. The quantitative estimate of drug-likeness (QED) is 0.696. The van der Waals surface area contributed by atoms with Gasteiger partial charge in [-0.1, -0.05) is 27.7 Å². The molecular formula is C15H33N3. The molecule has 1 fully saturated rings. The Hall–Kier alpha value is -0.120. The lowest BCUT2D eigenvalue weighted by molar-refractivity contribution is 0.183. The minimum atomic E-state index is 0.608. The molecule has 0 radical (unpaired) electrons. The van der Waals surface area contributed by atoms with Crippen molar-refractivity contribution in [1.29, 1.82) is 0 Å².